The Bertz CT molecular complexity index is 708. The van der Waals surface area contributed by atoms with Crippen LogP contribution in [0.15, 0.2) is 12.3 Å². The highest BCUT2D eigenvalue weighted by molar-refractivity contribution is 7.87. The number of carbonyl (C=O) groups is 1. The minimum Gasteiger partial charge on any atom is -0.322 e. The lowest BCUT2D eigenvalue weighted by atomic mass is 10.1. The molecule has 2 aliphatic heterocycles. The largest absolute Gasteiger partial charge is 0.323 e. The van der Waals surface area contributed by atoms with Crippen LogP contribution in [0.25, 0.3) is 0 Å². The summed E-state index contributed by atoms with van der Waals surface area (Å²) in [6.45, 7) is 7.41. The van der Waals surface area contributed by atoms with Crippen molar-refractivity contribution in [3.63, 3.8) is 0 Å². The Morgan fingerprint density at radius 3 is 2.83 bits per heavy atom. The Labute approximate surface area is 135 Å². The van der Waals surface area contributed by atoms with Crippen LogP contribution in [0.2, 0.25) is 0 Å². The molecule has 2 saturated heterocycles. The van der Waals surface area contributed by atoms with E-state index in [4.69, 9.17) is 0 Å². The van der Waals surface area contributed by atoms with Gasteiger partial charge in [0, 0.05) is 32.2 Å². The quantitative estimate of drug-likeness (QED) is 0.750. The van der Waals surface area contributed by atoms with Crippen LogP contribution in [0.3, 0.4) is 0 Å². The number of fused-ring (bicyclic) bond motifs is 1. The number of amides is 2. The molecule has 0 bridgehead atoms. The molecule has 1 aromatic heterocycles. The van der Waals surface area contributed by atoms with E-state index in [1.165, 1.54) is 4.31 Å². The smallest absolute Gasteiger partial charge is 0.322 e. The first-order valence-electron chi connectivity index (χ1n) is 7.55. The summed E-state index contributed by atoms with van der Waals surface area (Å²) in [5.74, 6) is 0.627. The fourth-order valence-corrected chi connectivity index (χ4v) is 4.34. The molecule has 0 saturated carbocycles. The summed E-state index contributed by atoms with van der Waals surface area (Å²) in [7, 11) is -3.36. The lowest BCUT2D eigenvalue weighted by Gasteiger charge is -2.35. The number of carbonyl (C=O) groups excluding carboxylic acids is 1. The summed E-state index contributed by atoms with van der Waals surface area (Å²) in [5.41, 5.74) is -0.242. The Morgan fingerprint density at radius 1 is 1.39 bits per heavy atom. The van der Waals surface area contributed by atoms with Gasteiger partial charge in [-0.2, -0.15) is 17.8 Å². The molecule has 23 heavy (non-hydrogen) atoms. The van der Waals surface area contributed by atoms with Gasteiger partial charge in [0.05, 0.1) is 17.8 Å². The maximum atomic E-state index is 12.5. The van der Waals surface area contributed by atoms with E-state index in [0.29, 0.717) is 32.0 Å². The van der Waals surface area contributed by atoms with Crippen LogP contribution >= 0.6 is 0 Å². The topological polar surface area (TPSA) is 99.6 Å². The molecule has 0 spiro atoms. The Morgan fingerprint density at radius 2 is 2.13 bits per heavy atom. The molecule has 2 fully saturated rings. The second kappa shape index (κ2) is 5.46. The van der Waals surface area contributed by atoms with Crippen LogP contribution in [0, 0.1) is 0 Å². The number of urea groups is 1. The Balaban J connectivity index is 1.68. The number of rotatable bonds is 1. The van der Waals surface area contributed by atoms with Crippen molar-refractivity contribution in [2.75, 3.05) is 31.5 Å². The fourth-order valence-electron chi connectivity index (χ4n) is 2.91. The first kappa shape index (κ1) is 16.2. The molecule has 0 radical (unpaired) electrons. The summed E-state index contributed by atoms with van der Waals surface area (Å²) in [4.78, 5) is 14.1. The van der Waals surface area contributed by atoms with Crippen molar-refractivity contribution in [2.45, 2.75) is 32.4 Å². The highest BCUT2D eigenvalue weighted by Crippen LogP contribution is 2.21. The third-order valence-corrected chi connectivity index (χ3v) is 5.67. The highest BCUT2D eigenvalue weighted by Gasteiger charge is 2.41. The number of piperazine rings is 1. The van der Waals surface area contributed by atoms with E-state index in [1.807, 2.05) is 20.8 Å². The zero-order valence-corrected chi connectivity index (χ0v) is 14.3. The number of anilines is 1. The third-order valence-electron chi connectivity index (χ3n) is 4.04. The van der Waals surface area contributed by atoms with Crippen LogP contribution in [-0.4, -0.2) is 65.7 Å². The molecule has 1 unspecified atom stereocenters. The van der Waals surface area contributed by atoms with Gasteiger partial charge >= 0.3 is 6.03 Å². The van der Waals surface area contributed by atoms with E-state index >= 15 is 0 Å². The third kappa shape index (κ3) is 3.06. The van der Waals surface area contributed by atoms with E-state index < -0.39 is 10.2 Å². The predicted molar refractivity (Wildman–Crippen MR) is 85.2 cm³/mol. The van der Waals surface area contributed by atoms with Crippen molar-refractivity contribution in [1.29, 1.82) is 0 Å². The van der Waals surface area contributed by atoms with Crippen molar-refractivity contribution in [1.82, 2.24) is 23.7 Å². The van der Waals surface area contributed by atoms with Crippen LogP contribution < -0.4 is 10.0 Å². The van der Waals surface area contributed by atoms with Crippen LogP contribution in [-0.2, 0) is 15.7 Å². The number of nitrogens with zero attached hydrogens (tertiary/aromatic N) is 4. The highest BCUT2D eigenvalue weighted by atomic mass is 32.2. The molecule has 10 heteroatoms. The lowest BCUT2D eigenvalue weighted by molar-refractivity contribution is 0.161. The molecule has 128 valence electrons. The maximum absolute atomic E-state index is 12.5. The summed E-state index contributed by atoms with van der Waals surface area (Å²) >= 11 is 0. The average Bonchev–Trinajstić information content (AvgIpc) is 3.03. The van der Waals surface area contributed by atoms with E-state index in [1.54, 1.807) is 21.8 Å². The van der Waals surface area contributed by atoms with Crippen molar-refractivity contribution in [3.8, 4) is 0 Å². The van der Waals surface area contributed by atoms with Crippen LogP contribution in [0.4, 0.5) is 10.6 Å². The van der Waals surface area contributed by atoms with Gasteiger partial charge in [0.25, 0.3) is 10.2 Å². The van der Waals surface area contributed by atoms with Crippen LogP contribution in [0.1, 0.15) is 20.8 Å². The monoisotopic (exact) mass is 342 g/mol. The second-order valence-corrected chi connectivity index (χ2v) is 8.50. The zero-order chi connectivity index (χ0) is 16.8. The lowest BCUT2D eigenvalue weighted by Crippen LogP contribution is -2.54. The molecule has 9 nitrogen and oxygen atoms in total. The number of hydrogen-bond donors (Lipinski definition) is 2. The molecule has 1 atom stereocenters. The molecular formula is C13H22N6O3S. The van der Waals surface area contributed by atoms with Gasteiger partial charge in [0.15, 0.2) is 0 Å². The van der Waals surface area contributed by atoms with Crippen molar-refractivity contribution < 1.29 is 13.2 Å². The first-order valence-corrected chi connectivity index (χ1v) is 8.99. The summed E-state index contributed by atoms with van der Waals surface area (Å²) in [5, 5.41) is 7.11. The van der Waals surface area contributed by atoms with Gasteiger partial charge in [0.1, 0.15) is 5.82 Å². The number of aromatic nitrogens is 2. The van der Waals surface area contributed by atoms with E-state index in [0.717, 1.165) is 0 Å². The SMILES string of the molecule is CC(C)(C)n1nccc1NC(=O)N1CCN2C(CNS2(=O)=O)C1. The Hall–Kier alpha value is -1.65. The minimum atomic E-state index is -3.36. The summed E-state index contributed by atoms with van der Waals surface area (Å²) < 4.78 is 29.2. The Kier molecular flexibility index (Phi) is 3.85. The molecule has 3 rings (SSSR count). The molecule has 1 aromatic rings. The maximum Gasteiger partial charge on any atom is 0.323 e. The summed E-state index contributed by atoms with van der Waals surface area (Å²) in [6, 6.07) is 1.31. The fraction of sp³-hybridized carbons (Fsp3) is 0.692. The van der Waals surface area contributed by atoms with Gasteiger partial charge in [0.2, 0.25) is 0 Å². The van der Waals surface area contributed by atoms with Gasteiger partial charge in [-0.15, -0.1) is 0 Å². The van der Waals surface area contributed by atoms with Gasteiger partial charge in [-0.1, -0.05) is 0 Å². The molecule has 2 N–H and O–H groups in total. The normalized spacial score (nSPS) is 24.5. The van der Waals surface area contributed by atoms with Crippen molar-refractivity contribution >= 4 is 22.1 Å². The van der Waals surface area contributed by atoms with Gasteiger partial charge in [-0.05, 0) is 20.8 Å². The van der Waals surface area contributed by atoms with Crippen LogP contribution in [0.5, 0.6) is 0 Å². The average molecular weight is 342 g/mol. The van der Waals surface area contributed by atoms with E-state index in [-0.39, 0.29) is 17.6 Å². The van der Waals surface area contributed by atoms with Crippen molar-refractivity contribution in [2.24, 2.45) is 0 Å². The second-order valence-electron chi connectivity index (χ2n) is 6.79. The predicted octanol–water partition coefficient (Wildman–Crippen LogP) is 0.00420. The van der Waals surface area contributed by atoms with Gasteiger partial charge in [-0.25, -0.2) is 14.2 Å². The molecule has 2 amide bonds. The number of nitrogens with one attached hydrogen (secondary N) is 2. The molecular weight excluding hydrogens is 320 g/mol. The van der Waals surface area contributed by atoms with E-state index in [9.17, 15) is 13.2 Å². The van der Waals surface area contributed by atoms with Gasteiger partial charge < -0.3 is 4.90 Å². The standard InChI is InChI=1S/C13H22N6O3S/c1-13(2,3)19-11(4-5-14-19)16-12(20)17-6-7-18-10(9-17)8-15-23(18,21)22/h4-5,10,15H,6-9H2,1-3H3,(H,16,20). The molecule has 2 aliphatic rings. The van der Waals surface area contributed by atoms with Gasteiger partial charge in [-0.3, -0.25) is 5.32 Å². The van der Waals surface area contributed by atoms with E-state index in [2.05, 4.69) is 15.1 Å². The van der Waals surface area contributed by atoms with Crippen molar-refractivity contribution in [3.05, 3.63) is 12.3 Å². The summed E-state index contributed by atoms with van der Waals surface area (Å²) in [6.07, 6.45) is 1.65. The molecule has 0 aliphatic carbocycles. The first-order chi connectivity index (χ1) is 10.7. The molecule has 3 heterocycles. The zero-order valence-electron chi connectivity index (χ0n) is 13.5. The molecule has 0 aromatic carbocycles. The minimum absolute atomic E-state index is 0.202. The number of hydrogen-bond acceptors (Lipinski definition) is 4.